The maximum absolute atomic E-state index is 11.7. The van der Waals surface area contributed by atoms with Crippen LogP contribution in [0.5, 0.6) is 0 Å². The fraction of sp³-hybridized carbons (Fsp3) is 0.917. The molecule has 16 heavy (non-hydrogen) atoms. The maximum atomic E-state index is 11.7. The summed E-state index contributed by atoms with van der Waals surface area (Å²) in [5.41, 5.74) is 5.15. The van der Waals surface area contributed by atoms with Gasteiger partial charge in [-0.1, -0.05) is 6.92 Å². The van der Waals surface area contributed by atoms with Gasteiger partial charge < -0.3 is 15.6 Å². The van der Waals surface area contributed by atoms with Gasteiger partial charge >= 0.3 is 5.97 Å². The SMILES string of the molecule is CCC1(C2(C(=O)O)CCC(N)CC2)COC1. The molecule has 4 heteroatoms. The monoisotopic (exact) mass is 227 g/mol. The van der Waals surface area contributed by atoms with E-state index in [-0.39, 0.29) is 11.5 Å². The maximum Gasteiger partial charge on any atom is 0.310 e. The van der Waals surface area contributed by atoms with Crippen LogP contribution in [0.1, 0.15) is 39.0 Å². The first kappa shape index (κ1) is 11.9. The van der Waals surface area contributed by atoms with Crippen molar-refractivity contribution in [3.05, 3.63) is 0 Å². The van der Waals surface area contributed by atoms with Crippen molar-refractivity contribution in [2.24, 2.45) is 16.6 Å². The highest BCUT2D eigenvalue weighted by Crippen LogP contribution is 2.55. The predicted octanol–water partition coefficient (Wildman–Crippen LogP) is 1.39. The first-order valence-corrected chi connectivity index (χ1v) is 6.13. The summed E-state index contributed by atoms with van der Waals surface area (Å²) in [6.45, 7) is 3.28. The number of hydrogen-bond acceptors (Lipinski definition) is 3. The van der Waals surface area contributed by atoms with Crippen LogP contribution in [0.3, 0.4) is 0 Å². The summed E-state index contributed by atoms with van der Waals surface area (Å²) in [6.07, 6.45) is 3.96. The molecule has 2 aliphatic rings. The third-order valence-electron chi connectivity index (χ3n) is 4.74. The van der Waals surface area contributed by atoms with E-state index in [2.05, 4.69) is 6.92 Å². The van der Waals surface area contributed by atoms with Gasteiger partial charge in [0.2, 0.25) is 0 Å². The Bertz CT molecular complexity index is 272. The molecule has 0 aromatic heterocycles. The number of carboxylic acid groups (broad SMARTS) is 1. The zero-order chi connectivity index (χ0) is 11.8. The average molecular weight is 227 g/mol. The molecule has 1 saturated heterocycles. The lowest BCUT2D eigenvalue weighted by Gasteiger charge is -2.55. The molecule has 0 amide bonds. The van der Waals surface area contributed by atoms with E-state index in [1.807, 2.05) is 0 Å². The smallest absolute Gasteiger partial charge is 0.310 e. The molecule has 4 nitrogen and oxygen atoms in total. The third-order valence-corrected chi connectivity index (χ3v) is 4.74. The summed E-state index contributed by atoms with van der Waals surface area (Å²) in [4.78, 5) is 11.7. The largest absolute Gasteiger partial charge is 0.481 e. The second-order valence-electron chi connectivity index (χ2n) is 5.35. The van der Waals surface area contributed by atoms with Crippen LogP contribution in [0.15, 0.2) is 0 Å². The Morgan fingerprint density at radius 1 is 1.44 bits per heavy atom. The van der Waals surface area contributed by atoms with E-state index in [0.29, 0.717) is 26.1 Å². The fourth-order valence-corrected chi connectivity index (χ4v) is 3.27. The summed E-state index contributed by atoms with van der Waals surface area (Å²) in [5, 5.41) is 9.61. The summed E-state index contributed by atoms with van der Waals surface area (Å²) >= 11 is 0. The Morgan fingerprint density at radius 3 is 2.31 bits per heavy atom. The highest BCUT2D eigenvalue weighted by atomic mass is 16.5. The Balaban J connectivity index is 2.25. The number of carboxylic acids is 1. The van der Waals surface area contributed by atoms with Crippen LogP contribution in [0, 0.1) is 10.8 Å². The molecule has 0 spiro atoms. The molecule has 1 heterocycles. The summed E-state index contributed by atoms with van der Waals surface area (Å²) in [7, 11) is 0. The molecule has 1 aliphatic carbocycles. The lowest BCUT2D eigenvalue weighted by atomic mass is 9.54. The molecule has 0 bridgehead atoms. The zero-order valence-corrected chi connectivity index (χ0v) is 9.87. The van der Waals surface area contributed by atoms with Gasteiger partial charge in [0, 0.05) is 11.5 Å². The topological polar surface area (TPSA) is 72.5 Å². The normalized spacial score (nSPS) is 37.8. The van der Waals surface area contributed by atoms with Crippen molar-refractivity contribution >= 4 is 5.97 Å². The van der Waals surface area contributed by atoms with Crippen molar-refractivity contribution in [1.82, 2.24) is 0 Å². The lowest BCUT2D eigenvalue weighted by molar-refractivity contribution is -0.213. The van der Waals surface area contributed by atoms with Crippen molar-refractivity contribution in [2.75, 3.05) is 13.2 Å². The molecule has 3 N–H and O–H groups in total. The Kier molecular flexibility index (Phi) is 2.97. The van der Waals surface area contributed by atoms with E-state index in [1.165, 1.54) is 0 Å². The number of hydrogen-bond donors (Lipinski definition) is 2. The molecule has 2 rings (SSSR count). The minimum atomic E-state index is -0.649. The van der Waals surface area contributed by atoms with Gasteiger partial charge in [-0.2, -0.15) is 0 Å². The molecule has 1 aliphatic heterocycles. The molecule has 2 fully saturated rings. The lowest BCUT2D eigenvalue weighted by Crippen LogP contribution is -2.60. The fourth-order valence-electron chi connectivity index (χ4n) is 3.27. The Morgan fingerprint density at radius 2 is 2.00 bits per heavy atom. The van der Waals surface area contributed by atoms with Gasteiger partial charge in [0.25, 0.3) is 0 Å². The van der Waals surface area contributed by atoms with Crippen molar-refractivity contribution in [3.8, 4) is 0 Å². The molecule has 0 atom stereocenters. The van der Waals surface area contributed by atoms with E-state index >= 15 is 0 Å². The molecular weight excluding hydrogens is 206 g/mol. The van der Waals surface area contributed by atoms with Crippen molar-refractivity contribution < 1.29 is 14.6 Å². The predicted molar refractivity (Wildman–Crippen MR) is 60.1 cm³/mol. The number of carbonyl (C=O) groups is 1. The molecular formula is C12H21NO3. The number of rotatable bonds is 3. The highest BCUT2D eigenvalue weighted by Gasteiger charge is 2.60. The minimum absolute atomic E-state index is 0.140. The van der Waals surface area contributed by atoms with Crippen LogP contribution in [0.25, 0.3) is 0 Å². The van der Waals surface area contributed by atoms with Crippen molar-refractivity contribution in [3.63, 3.8) is 0 Å². The number of aliphatic carboxylic acids is 1. The van der Waals surface area contributed by atoms with Crippen LogP contribution < -0.4 is 5.73 Å². The third kappa shape index (κ3) is 1.47. The van der Waals surface area contributed by atoms with Gasteiger partial charge in [-0.3, -0.25) is 4.79 Å². The highest BCUT2D eigenvalue weighted by molar-refractivity contribution is 5.76. The van der Waals surface area contributed by atoms with E-state index in [9.17, 15) is 9.90 Å². The van der Waals surface area contributed by atoms with E-state index in [0.717, 1.165) is 19.3 Å². The summed E-state index contributed by atoms with van der Waals surface area (Å²) in [5.74, 6) is -0.649. The first-order valence-electron chi connectivity index (χ1n) is 6.13. The van der Waals surface area contributed by atoms with Crippen LogP contribution >= 0.6 is 0 Å². The second kappa shape index (κ2) is 4.00. The van der Waals surface area contributed by atoms with Gasteiger partial charge in [0.15, 0.2) is 0 Å². The zero-order valence-electron chi connectivity index (χ0n) is 9.87. The molecule has 92 valence electrons. The van der Waals surface area contributed by atoms with Gasteiger partial charge in [-0.25, -0.2) is 0 Å². The molecule has 0 aromatic carbocycles. The van der Waals surface area contributed by atoms with Crippen LogP contribution in [0.4, 0.5) is 0 Å². The van der Waals surface area contributed by atoms with Crippen LogP contribution in [-0.2, 0) is 9.53 Å². The summed E-state index contributed by atoms with van der Waals surface area (Å²) in [6, 6.07) is 0.183. The van der Waals surface area contributed by atoms with Crippen LogP contribution in [-0.4, -0.2) is 30.3 Å². The van der Waals surface area contributed by atoms with Gasteiger partial charge in [0.05, 0.1) is 18.6 Å². The number of nitrogens with two attached hydrogens (primary N) is 1. The molecule has 1 saturated carbocycles. The van der Waals surface area contributed by atoms with Gasteiger partial charge in [-0.15, -0.1) is 0 Å². The standard InChI is InChI=1S/C12H21NO3/c1-2-11(7-16-8-11)12(10(14)15)5-3-9(13)4-6-12/h9H,2-8,13H2,1H3,(H,14,15). The van der Waals surface area contributed by atoms with E-state index < -0.39 is 11.4 Å². The van der Waals surface area contributed by atoms with E-state index in [4.69, 9.17) is 10.5 Å². The van der Waals surface area contributed by atoms with Gasteiger partial charge in [-0.05, 0) is 32.1 Å². The Labute approximate surface area is 96.2 Å². The first-order chi connectivity index (χ1) is 7.56. The van der Waals surface area contributed by atoms with Crippen molar-refractivity contribution in [1.29, 1.82) is 0 Å². The van der Waals surface area contributed by atoms with E-state index in [1.54, 1.807) is 0 Å². The quantitative estimate of drug-likeness (QED) is 0.764. The van der Waals surface area contributed by atoms with Crippen LogP contribution in [0.2, 0.25) is 0 Å². The van der Waals surface area contributed by atoms with Gasteiger partial charge in [0.1, 0.15) is 0 Å². The van der Waals surface area contributed by atoms with Crippen molar-refractivity contribution in [2.45, 2.75) is 45.1 Å². The average Bonchev–Trinajstić information content (AvgIpc) is 2.19. The molecule has 0 aromatic rings. The second-order valence-corrected chi connectivity index (χ2v) is 5.35. The molecule has 0 unspecified atom stereocenters. The Hall–Kier alpha value is -0.610. The molecule has 0 radical (unpaired) electrons. The minimum Gasteiger partial charge on any atom is -0.481 e. The number of ether oxygens (including phenoxy) is 1. The summed E-state index contributed by atoms with van der Waals surface area (Å²) < 4.78 is 5.29.